The highest BCUT2D eigenvalue weighted by atomic mass is 35.5. The van der Waals surface area contributed by atoms with Gasteiger partial charge < -0.3 is 10.0 Å². The van der Waals surface area contributed by atoms with Crippen molar-refractivity contribution in [3.05, 3.63) is 82.1 Å². The van der Waals surface area contributed by atoms with Gasteiger partial charge in [0.15, 0.2) is 5.82 Å². The Morgan fingerprint density at radius 2 is 1.76 bits per heavy atom. The van der Waals surface area contributed by atoms with Crippen LogP contribution in [0, 0.1) is 11.6 Å². The Kier molecular flexibility index (Phi) is 7.84. The second-order valence-corrected chi connectivity index (χ2v) is 9.95. The summed E-state index contributed by atoms with van der Waals surface area (Å²) in [6.07, 6.45) is 3.24. The van der Waals surface area contributed by atoms with Gasteiger partial charge in [-0.15, -0.1) is 10.2 Å². The van der Waals surface area contributed by atoms with Gasteiger partial charge in [-0.1, -0.05) is 35.3 Å². The zero-order valence-corrected chi connectivity index (χ0v) is 21.8. The van der Waals surface area contributed by atoms with Gasteiger partial charge in [0.25, 0.3) is 0 Å². The number of hydrogen-bond donors (Lipinski definition) is 1. The van der Waals surface area contributed by atoms with Crippen LogP contribution in [-0.4, -0.2) is 77.7 Å². The Labute approximate surface area is 227 Å². The monoisotopic (exact) mass is 563 g/mol. The summed E-state index contributed by atoms with van der Waals surface area (Å²) in [7, 11) is 0. The van der Waals surface area contributed by atoms with Gasteiger partial charge in [0.1, 0.15) is 29.9 Å². The van der Waals surface area contributed by atoms with Crippen LogP contribution in [0.4, 0.5) is 14.5 Å². The highest BCUT2D eigenvalue weighted by Crippen LogP contribution is 2.34. The molecule has 14 heteroatoms. The molecular formula is C24H25Cl2F2N9O. The lowest BCUT2D eigenvalue weighted by Gasteiger charge is -2.36. The number of nitrogens with zero attached hydrogens (tertiary/aromatic N) is 9. The molecular weight excluding hydrogens is 539 g/mol. The Morgan fingerprint density at radius 1 is 1.00 bits per heavy atom. The van der Waals surface area contributed by atoms with E-state index >= 15 is 0 Å². The van der Waals surface area contributed by atoms with E-state index in [0.717, 1.165) is 44.0 Å². The van der Waals surface area contributed by atoms with Crippen LogP contribution in [0.3, 0.4) is 0 Å². The molecule has 1 atom stereocenters. The predicted molar refractivity (Wildman–Crippen MR) is 137 cm³/mol. The average Bonchev–Trinajstić information content (AvgIpc) is 3.55. The summed E-state index contributed by atoms with van der Waals surface area (Å²) in [6.45, 7) is 3.54. The van der Waals surface area contributed by atoms with Crippen LogP contribution in [0.2, 0.25) is 10.0 Å². The lowest BCUT2D eigenvalue weighted by atomic mass is 9.93. The van der Waals surface area contributed by atoms with Gasteiger partial charge in [-0.05, 0) is 23.4 Å². The quantitative estimate of drug-likeness (QED) is 0.332. The van der Waals surface area contributed by atoms with Crippen molar-refractivity contribution < 1.29 is 13.9 Å². The van der Waals surface area contributed by atoms with Crippen molar-refractivity contribution in [2.24, 2.45) is 0 Å². The molecule has 4 aromatic rings. The van der Waals surface area contributed by atoms with Crippen LogP contribution in [0.1, 0.15) is 11.4 Å². The van der Waals surface area contributed by atoms with E-state index in [0.29, 0.717) is 28.8 Å². The number of tetrazole rings is 1. The summed E-state index contributed by atoms with van der Waals surface area (Å²) in [5.41, 5.74) is -1.08. The van der Waals surface area contributed by atoms with Crippen LogP contribution in [0.25, 0.3) is 0 Å². The van der Waals surface area contributed by atoms with Crippen LogP contribution in [0.15, 0.2) is 49.1 Å². The molecule has 2 aromatic carbocycles. The maximum absolute atomic E-state index is 14.7. The molecule has 38 heavy (non-hydrogen) atoms. The fourth-order valence-electron chi connectivity index (χ4n) is 4.59. The second-order valence-electron chi connectivity index (χ2n) is 9.13. The summed E-state index contributed by atoms with van der Waals surface area (Å²) in [4.78, 5) is 9.55. The van der Waals surface area contributed by atoms with E-state index in [9.17, 15) is 13.9 Å². The molecule has 1 unspecified atom stereocenters. The van der Waals surface area contributed by atoms with E-state index < -0.39 is 17.2 Å². The Bertz CT molecular complexity index is 1360. The number of para-hydroxylation sites is 1. The molecule has 2 aromatic heterocycles. The van der Waals surface area contributed by atoms with Crippen molar-refractivity contribution in [1.29, 1.82) is 0 Å². The summed E-state index contributed by atoms with van der Waals surface area (Å²) >= 11 is 12.7. The summed E-state index contributed by atoms with van der Waals surface area (Å²) in [6, 6.07) is 8.51. The number of aromatic nitrogens is 7. The summed E-state index contributed by atoms with van der Waals surface area (Å²) in [5, 5.41) is 29.3. The fourth-order valence-corrected chi connectivity index (χ4v) is 5.23. The standard InChI is InChI=1S/C24H25Cl2F2N9O/c25-19-2-1-3-20(26)23(19)35-10-8-34(9-11-35)7-6-22-31-33-37(32-22)14-24(38,13-36-16-29-15-30-36)18-5-4-17(27)12-21(18)28/h1-5,12,15-16,38H,6-11,13-14H2. The zero-order valence-electron chi connectivity index (χ0n) is 20.3. The largest absolute Gasteiger partial charge is 0.381 e. The SMILES string of the molecule is OC(Cn1cncn1)(Cn1nnc(CCN2CCN(c3c(Cl)cccc3Cl)CC2)n1)c1ccc(F)cc1F. The normalized spacial score (nSPS) is 16.1. The van der Waals surface area contributed by atoms with Gasteiger partial charge >= 0.3 is 0 Å². The molecule has 0 bridgehead atoms. The van der Waals surface area contributed by atoms with E-state index in [-0.39, 0.29) is 18.7 Å². The number of piperazine rings is 1. The van der Waals surface area contributed by atoms with Gasteiger partial charge in [-0.25, -0.2) is 18.4 Å². The van der Waals surface area contributed by atoms with Crippen LogP contribution < -0.4 is 4.90 Å². The molecule has 1 fully saturated rings. The molecule has 200 valence electrons. The minimum Gasteiger partial charge on any atom is -0.381 e. The third-order valence-corrected chi connectivity index (χ3v) is 7.11. The molecule has 5 rings (SSSR count). The van der Waals surface area contributed by atoms with Crippen molar-refractivity contribution in [2.45, 2.75) is 25.1 Å². The highest BCUT2D eigenvalue weighted by Gasteiger charge is 2.35. The third-order valence-electron chi connectivity index (χ3n) is 6.50. The maximum Gasteiger partial charge on any atom is 0.176 e. The number of benzene rings is 2. The molecule has 0 amide bonds. The lowest BCUT2D eigenvalue weighted by Crippen LogP contribution is -2.47. The van der Waals surface area contributed by atoms with Gasteiger partial charge in [-0.2, -0.15) is 9.90 Å². The number of rotatable bonds is 9. The first-order valence-corrected chi connectivity index (χ1v) is 12.7. The molecule has 10 nitrogen and oxygen atoms in total. The minimum absolute atomic E-state index is 0.107. The van der Waals surface area contributed by atoms with Crippen LogP contribution in [-0.2, 0) is 25.1 Å². The molecule has 1 aliphatic heterocycles. The van der Waals surface area contributed by atoms with Crippen molar-refractivity contribution in [2.75, 3.05) is 37.6 Å². The topological polar surface area (TPSA) is 101 Å². The van der Waals surface area contributed by atoms with E-state index in [4.69, 9.17) is 23.2 Å². The van der Waals surface area contributed by atoms with Crippen molar-refractivity contribution in [1.82, 2.24) is 39.9 Å². The predicted octanol–water partition coefficient (Wildman–Crippen LogP) is 2.80. The molecule has 0 saturated carbocycles. The van der Waals surface area contributed by atoms with E-state index in [1.807, 2.05) is 18.2 Å². The van der Waals surface area contributed by atoms with E-state index in [1.165, 1.54) is 28.2 Å². The van der Waals surface area contributed by atoms with Gasteiger partial charge in [0.05, 0.1) is 28.8 Å². The van der Waals surface area contributed by atoms with Gasteiger partial charge in [-0.3, -0.25) is 4.90 Å². The first-order valence-electron chi connectivity index (χ1n) is 12.0. The number of halogens is 4. The first kappa shape index (κ1) is 26.4. The lowest BCUT2D eigenvalue weighted by molar-refractivity contribution is -0.0125. The molecule has 0 radical (unpaired) electrons. The fraction of sp³-hybridized carbons (Fsp3) is 0.375. The van der Waals surface area contributed by atoms with Crippen molar-refractivity contribution in [3.8, 4) is 0 Å². The van der Waals surface area contributed by atoms with Crippen molar-refractivity contribution in [3.63, 3.8) is 0 Å². The molecule has 1 N–H and O–H groups in total. The number of hydrogen-bond acceptors (Lipinski definition) is 8. The van der Waals surface area contributed by atoms with E-state index in [2.05, 4.69) is 35.3 Å². The third kappa shape index (κ3) is 5.93. The average molecular weight is 564 g/mol. The Hall–Kier alpha value is -3.19. The van der Waals surface area contributed by atoms with Gasteiger partial charge in [0.2, 0.25) is 0 Å². The number of aliphatic hydroxyl groups is 1. The summed E-state index contributed by atoms with van der Waals surface area (Å²) in [5.74, 6) is -1.14. The smallest absolute Gasteiger partial charge is 0.176 e. The first-order chi connectivity index (χ1) is 18.3. The molecule has 3 heterocycles. The number of anilines is 1. The molecule has 0 aliphatic carbocycles. The second kappa shape index (κ2) is 11.3. The van der Waals surface area contributed by atoms with E-state index in [1.54, 1.807) is 0 Å². The molecule has 0 spiro atoms. The molecule has 1 aliphatic rings. The van der Waals surface area contributed by atoms with Gasteiger partial charge in [0, 0.05) is 50.8 Å². The molecule has 1 saturated heterocycles. The Morgan fingerprint density at radius 3 is 2.45 bits per heavy atom. The minimum atomic E-state index is -1.83. The maximum atomic E-state index is 14.7. The van der Waals surface area contributed by atoms with Crippen LogP contribution >= 0.6 is 23.2 Å². The van der Waals surface area contributed by atoms with Crippen molar-refractivity contribution >= 4 is 28.9 Å². The zero-order chi connectivity index (χ0) is 26.7. The van der Waals surface area contributed by atoms with Crippen LogP contribution in [0.5, 0.6) is 0 Å². The highest BCUT2D eigenvalue weighted by molar-refractivity contribution is 6.39. The summed E-state index contributed by atoms with van der Waals surface area (Å²) < 4.78 is 29.5. The Balaban J connectivity index is 1.21.